The van der Waals surface area contributed by atoms with Crippen LogP contribution in [0.15, 0.2) is 60.7 Å². The maximum absolute atomic E-state index is 12.8. The first kappa shape index (κ1) is 17.9. The van der Waals surface area contributed by atoms with Crippen LogP contribution in [-0.4, -0.2) is 33.8 Å². The van der Waals surface area contributed by atoms with Gasteiger partial charge >= 0.3 is 5.97 Å². The number of benzene rings is 1. The number of cyclic esters (lactones) is 1. The molecule has 28 heavy (non-hydrogen) atoms. The molecule has 1 aliphatic rings. The van der Waals surface area contributed by atoms with E-state index in [4.69, 9.17) is 16.3 Å². The van der Waals surface area contributed by atoms with Gasteiger partial charge in [0.2, 0.25) is 0 Å². The van der Waals surface area contributed by atoms with Gasteiger partial charge in [-0.25, -0.2) is 4.79 Å². The Morgan fingerprint density at radius 1 is 1.21 bits per heavy atom. The summed E-state index contributed by atoms with van der Waals surface area (Å²) in [5, 5.41) is 3.57. The van der Waals surface area contributed by atoms with E-state index >= 15 is 0 Å². The van der Waals surface area contributed by atoms with Crippen molar-refractivity contribution >= 4 is 40.2 Å². The van der Waals surface area contributed by atoms with Crippen molar-refractivity contribution in [3.63, 3.8) is 0 Å². The number of rotatable bonds is 5. The monoisotopic (exact) mass is 395 g/mol. The fraction of sp³-hybridized carbons (Fsp3) is 0.100. The average molecular weight is 396 g/mol. The van der Waals surface area contributed by atoms with E-state index in [1.165, 1.54) is 0 Å². The highest BCUT2D eigenvalue weighted by Gasteiger charge is 2.24. The molecule has 140 valence electrons. The number of halogens is 1. The Labute approximate surface area is 164 Å². The van der Waals surface area contributed by atoms with Crippen LogP contribution in [0.25, 0.3) is 10.9 Å². The zero-order valence-electron chi connectivity index (χ0n) is 14.5. The number of ketones is 1. The van der Waals surface area contributed by atoms with Crippen LogP contribution in [0.4, 0.5) is 0 Å². The third kappa shape index (κ3) is 3.52. The molecule has 2 aromatic heterocycles. The van der Waals surface area contributed by atoms with Crippen molar-refractivity contribution in [2.24, 2.45) is 0 Å². The van der Waals surface area contributed by atoms with Gasteiger partial charge in [-0.1, -0.05) is 17.7 Å². The van der Waals surface area contributed by atoms with E-state index in [9.17, 15) is 14.4 Å². The van der Waals surface area contributed by atoms with Crippen molar-refractivity contribution in [2.75, 3.05) is 6.61 Å². The maximum Gasteiger partial charge on any atom is 0.333 e. The summed E-state index contributed by atoms with van der Waals surface area (Å²) in [6.45, 7) is 0.430. The molecular formula is C20H14ClN3O4. The summed E-state index contributed by atoms with van der Waals surface area (Å²) >= 11 is 6.13. The van der Waals surface area contributed by atoms with Crippen LogP contribution in [0.2, 0.25) is 5.02 Å². The van der Waals surface area contributed by atoms with Crippen LogP contribution in [-0.2, 0) is 20.9 Å². The normalized spacial score (nSPS) is 13.3. The summed E-state index contributed by atoms with van der Waals surface area (Å²) in [5.41, 5.74) is 2.23. The third-order valence-corrected chi connectivity index (χ3v) is 4.57. The second-order valence-electron chi connectivity index (χ2n) is 6.25. The van der Waals surface area contributed by atoms with Crippen molar-refractivity contribution in [3.05, 3.63) is 76.8 Å². The molecular weight excluding hydrogens is 382 g/mol. The topological polar surface area (TPSA) is 90.3 Å². The lowest BCUT2D eigenvalue weighted by molar-refractivity contribution is -0.135. The highest BCUT2D eigenvalue weighted by molar-refractivity contribution is 6.45. The van der Waals surface area contributed by atoms with E-state index in [2.05, 4.69) is 10.3 Å². The molecule has 3 heterocycles. The largest absolute Gasteiger partial charge is 0.456 e. The Hall–Kier alpha value is -3.45. The number of pyridine rings is 1. The molecule has 8 heteroatoms. The Balaban J connectivity index is 1.68. The number of fused-ring (bicyclic) bond motifs is 1. The van der Waals surface area contributed by atoms with Crippen molar-refractivity contribution in [3.8, 4) is 0 Å². The minimum Gasteiger partial charge on any atom is -0.456 e. The second kappa shape index (κ2) is 7.28. The highest BCUT2D eigenvalue weighted by Crippen LogP contribution is 2.26. The lowest BCUT2D eigenvalue weighted by Crippen LogP contribution is -2.31. The number of nitrogens with zero attached hydrogens (tertiary/aromatic N) is 2. The lowest BCUT2D eigenvalue weighted by atomic mass is 10.1. The molecule has 3 aromatic rings. The minimum absolute atomic E-state index is 0.0583. The summed E-state index contributed by atoms with van der Waals surface area (Å²) in [6.07, 6.45) is 6.16. The number of esters is 1. The number of nitrogens with one attached hydrogen (secondary N) is 1. The number of Topliss-reactive ketones (excluding diaryl/α,β-unsaturated/α-hetero) is 1. The SMILES string of the molecule is O=C1C=C(NC(=O)C(=O)c2cn(Cc3ccncc3)c3cc(Cl)ccc23)CO1. The number of hydrogen-bond acceptors (Lipinski definition) is 5. The molecule has 1 aromatic carbocycles. The van der Waals surface area contributed by atoms with Gasteiger partial charge in [0.25, 0.3) is 11.7 Å². The number of aromatic nitrogens is 2. The van der Waals surface area contributed by atoms with Crippen LogP contribution >= 0.6 is 11.6 Å². The van der Waals surface area contributed by atoms with Gasteiger partial charge in [-0.3, -0.25) is 14.6 Å². The van der Waals surface area contributed by atoms with Gasteiger partial charge < -0.3 is 14.6 Å². The van der Waals surface area contributed by atoms with Gasteiger partial charge in [-0.2, -0.15) is 0 Å². The zero-order chi connectivity index (χ0) is 19.7. The van der Waals surface area contributed by atoms with Crippen LogP contribution in [0.1, 0.15) is 15.9 Å². The molecule has 0 aliphatic carbocycles. The van der Waals surface area contributed by atoms with Gasteiger partial charge in [0.1, 0.15) is 6.61 Å². The molecule has 0 radical (unpaired) electrons. The van der Waals surface area contributed by atoms with E-state index in [1.54, 1.807) is 36.8 Å². The van der Waals surface area contributed by atoms with Gasteiger partial charge in [-0.15, -0.1) is 0 Å². The first-order valence-electron chi connectivity index (χ1n) is 8.41. The lowest BCUT2D eigenvalue weighted by Gasteiger charge is -2.05. The third-order valence-electron chi connectivity index (χ3n) is 4.33. The molecule has 0 saturated carbocycles. The quantitative estimate of drug-likeness (QED) is 0.407. The predicted molar refractivity (Wildman–Crippen MR) is 102 cm³/mol. The fourth-order valence-corrected chi connectivity index (χ4v) is 3.20. The molecule has 1 amide bonds. The van der Waals surface area contributed by atoms with Gasteiger partial charge in [0, 0.05) is 41.6 Å². The Kier molecular flexibility index (Phi) is 4.67. The molecule has 7 nitrogen and oxygen atoms in total. The second-order valence-corrected chi connectivity index (χ2v) is 6.68. The number of hydrogen-bond donors (Lipinski definition) is 1. The first-order valence-corrected chi connectivity index (χ1v) is 8.79. The molecule has 1 N–H and O–H groups in total. The van der Waals surface area contributed by atoms with Crippen LogP contribution < -0.4 is 5.32 Å². The van der Waals surface area contributed by atoms with Crippen LogP contribution in [0.3, 0.4) is 0 Å². The smallest absolute Gasteiger partial charge is 0.333 e. The first-order chi connectivity index (χ1) is 13.5. The summed E-state index contributed by atoms with van der Waals surface area (Å²) in [7, 11) is 0. The summed E-state index contributed by atoms with van der Waals surface area (Å²) < 4.78 is 6.58. The van der Waals surface area contributed by atoms with E-state index in [-0.39, 0.29) is 17.9 Å². The van der Waals surface area contributed by atoms with Gasteiger partial charge in [0.15, 0.2) is 0 Å². The minimum atomic E-state index is -0.831. The number of carbonyl (C=O) groups is 3. The fourth-order valence-electron chi connectivity index (χ4n) is 3.03. The highest BCUT2D eigenvalue weighted by atomic mass is 35.5. The summed E-state index contributed by atoms with van der Waals surface area (Å²) in [5.74, 6) is -2.09. The van der Waals surface area contributed by atoms with Crippen molar-refractivity contribution in [1.29, 1.82) is 0 Å². The predicted octanol–water partition coefficient (Wildman–Crippen LogP) is 2.48. The maximum atomic E-state index is 12.8. The molecule has 0 spiro atoms. The number of ether oxygens (including phenoxy) is 1. The van der Waals surface area contributed by atoms with Crippen LogP contribution in [0, 0.1) is 0 Å². The van der Waals surface area contributed by atoms with Crippen molar-refractivity contribution in [2.45, 2.75) is 6.54 Å². The van der Waals surface area contributed by atoms with Gasteiger partial charge in [-0.05, 0) is 29.8 Å². The molecule has 0 bridgehead atoms. The van der Waals surface area contributed by atoms with Crippen molar-refractivity contribution < 1.29 is 19.1 Å². The molecule has 0 saturated heterocycles. The van der Waals surface area contributed by atoms with E-state index in [0.717, 1.165) is 17.2 Å². The summed E-state index contributed by atoms with van der Waals surface area (Å²) in [6, 6.07) is 8.87. The zero-order valence-corrected chi connectivity index (χ0v) is 15.3. The average Bonchev–Trinajstić information content (AvgIpc) is 3.25. The standard InChI is InChI=1S/C20H14ClN3O4/c21-13-1-2-15-16(19(26)20(27)23-14-8-18(25)28-11-14)10-24(17(15)7-13)9-12-3-5-22-6-4-12/h1-8,10H,9,11H2,(H,23,27). The van der Waals surface area contributed by atoms with Crippen LogP contribution in [0.5, 0.6) is 0 Å². The number of amides is 1. The Bertz CT molecular complexity index is 1140. The molecule has 1 aliphatic heterocycles. The van der Waals surface area contributed by atoms with Crippen molar-refractivity contribution in [1.82, 2.24) is 14.9 Å². The van der Waals surface area contributed by atoms with E-state index in [1.807, 2.05) is 16.7 Å². The molecule has 0 unspecified atom stereocenters. The number of carbonyl (C=O) groups excluding carboxylic acids is 3. The molecule has 0 atom stereocenters. The van der Waals surface area contributed by atoms with Gasteiger partial charge in [0.05, 0.1) is 16.8 Å². The Morgan fingerprint density at radius 3 is 2.71 bits per heavy atom. The molecule has 4 rings (SSSR count). The van der Waals surface area contributed by atoms with E-state index < -0.39 is 17.7 Å². The molecule has 0 fully saturated rings. The Morgan fingerprint density at radius 2 is 2.00 bits per heavy atom. The summed E-state index contributed by atoms with van der Waals surface area (Å²) in [4.78, 5) is 40.2. The van der Waals surface area contributed by atoms with E-state index in [0.29, 0.717) is 17.0 Å².